The fourth-order valence-corrected chi connectivity index (χ4v) is 2.66. The molecule has 0 radical (unpaired) electrons. The lowest BCUT2D eigenvalue weighted by atomic mass is 10.1. The van der Waals surface area contributed by atoms with Crippen molar-refractivity contribution in [1.82, 2.24) is 14.9 Å². The summed E-state index contributed by atoms with van der Waals surface area (Å²) < 4.78 is 5.17. The monoisotopic (exact) mass is 312 g/mol. The van der Waals surface area contributed by atoms with Crippen molar-refractivity contribution in [3.8, 4) is 17.0 Å². The number of aromatic nitrogens is 2. The topological polar surface area (TPSA) is 67.3 Å². The maximum atomic E-state index is 11.5. The van der Waals surface area contributed by atoms with E-state index in [0.717, 1.165) is 23.4 Å². The highest BCUT2D eigenvalue weighted by molar-refractivity contribution is 5.77. The molecule has 1 aromatic carbocycles. The van der Waals surface area contributed by atoms with Gasteiger partial charge in [-0.1, -0.05) is 0 Å². The summed E-state index contributed by atoms with van der Waals surface area (Å²) in [5, 5.41) is 3.32. The molecule has 1 atom stereocenters. The molecule has 1 unspecified atom stereocenters. The Morgan fingerprint density at radius 2 is 2.04 bits per heavy atom. The molecule has 1 aromatic heterocycles. The molecule has 1 amide bonds. The van der Waals surface area contributed by atoms with Gasteiger partial charge < -0.3 is 15.0 Å². The van der Waals surface area contributed by atoms with Crippen LogP contribution in [0.15, 0.2) is 36.5 Å². The first kappa shape index (κ1) is 15.3. The number of piperidine rings is 1. The van der Waals surface area contributed by atoms with Crippen LogP contribution in [0.4, 0.5) is 5.95 Å². The molecule has 23 heavy (non-hydrogen) atoms. The zero-order chi connectivity index (χ0) is 16.2. The van der Waals surface area contributed by atoms with Crippen molar-refractivity contribution in [1.29, 1.82) is 0 Å². The maximum Gasteiger partial charge on any atom is 0.223 e. The van der Waals surface area contributed by atoms with E-state index in [1.54, 1.807) is 18.2 Å². The summed E-state index contributed by atoms with van der Waals surface area (Å²) in [5.74, 6) is 1.60. The van der Waals surface area contributed by atoms with Gasteiger partial charge in [0, 0.05) is 37.8 Å². The molecular formula is C17H20N4O2. The third-order valence-electron chi connectivity index (χ3n) is 4.00. The highest BCUT2D eigenvalue weighted by atomic mass is 16.5. The van der Waals surface area contributed by atoms with Crippen molar-refractivity contribution in [3.63, 3.8) is 0 Å². The van der Waals surface area contributed by atoms with Gasteiger partial charge in [0.2, 0.25) is 11.9 Å². The van der Waals surface area contributed by atoms with Gasteiger partial charge in [-0.2, -0.15) is 0 Å². The van der Waals surface area contributed by atoms with Crippen molar-refractivity contribution in [2.45, 2.75) is 18.9 Å². The molecule has 2 aromatic rings. The van der Waals surface area contributed by atoms with Crippen molar-refractivity contribution in [2.24, 2.45) is 0 Å². The van der Waals surface area contributed by atoms with Crippen LogP contribution < -0.4 is 10.1 Å². The van der Waals surface area contributed by atoms with Crippen molar-refractivity contribution in [3.05, 3.63) is 36.5 Å². The first-order valence-corrected chi connectivity index (χ1v) is 7.63. The van der Waals surface area contributed by atoms with Gasteiger partial charge in [-0.15, -0.1) is 0 Å². The molecule has 1 fully saturated rings. The minimum Gasteiger partial charge on any atom is -0.497 e. The van der Waals surface area contributed by atoms with E-state index >= 15 is 0 Å². The van der Waals surface area contributed by atoms with E-state index in [-0.39, 0.29) is 11.9 Å². The Labute approximate surface area is 135 Å². The number of likely N-dealkylation sites (N-methyl/N-ethyl adjacent to an activating group) is 1. The van der Waals surface area contributed by atoms with Gasteiger partial charge >= 0.3 is 0 Å². The number of benzene rings is 1. The van der Waals surface area contributed by atoms with Gasteiger partial charge in [0.15, 0.2) is 0 Å². The number of anilines is 1. The van der Waals surface area contributed by atoms with Crippen LogP contribution in [0.3, 0.4) is 0 Å². The summed E-state index contributed by atoms with van der Waals surface area (Å²) in [6, 6.07) is 9.82. The Balaban J connectivity index is 1.73. The Bertz CT molecular complexity index is 687. The standard InChI is InChI=1S/C17H20N4O2/c1-21-11-13(5-8-16(21)22)19-17-18-10-9-15(20-17)12-3-6-14(23-2)7-4-12/h3-4,6-7,9-10,13H,5,8,11H2,1-2H3,(H,18,19,20). The van der Waals surface area contributed by atoms with Crippen molar-refractivity contribution >= 4 is 11.9 Å². The lowest BCUT2D eigenvalue weighted by molar-refractivity contribution is -0.132. The first-order chi connectivity index (χ1) is 11.2. The summed E-state index contributed by atoms with van der Waals surface area (Å²) in [6.45, 7) is 0.676. The zero-order valence-corrected chi connectivity index (χ0v) is 13.3. The molecule has 2 heterocycles. The van der Waals surface area contributed by atoms with E-state index in [4.69, 9.17) is 4.74 Å². The Morgan fingerprint density at radius 3 is 2.74 bits per heavy atom. The average Bonchev–Trinajstić information content (AvgIpc) is 2.58. The van der Waals surface area contributed by atoms with Gasteiger partial charge in [0.05, 0.1) is 12.8 Å². The second-order valence-corrected chi connectivity index (χ2v) is 5.65. The highest BCUT2D eigenvalue weighted by Crippen LogP contribution is 2.21. The van der Waals surface area contributed by atoms with Gasteiger partial charge in [0.1, 0.15) is 5.75 Å². The van der Waals surface area contributed by atoms with Crippen LogP contribution in [0.25, 0.3) is 11.3 Å². The molecule has 120 valence electrons. The molecule has 0 saturated carbocycles. The molecule has 6 heteroatoms. The molecule has 1 aliphatic heterocycles. The average molecular weight is 312 g/mol. The summed E-state index contributed by atoms with van der Waals surface area (Å²) in [6.07, 6.45) is 3.11. The molecule has 1 saturated heterocycles. The number of carbonyl (C=O) groups excluding carboxylic acids is 1. The SMILES string of the molecule is COc1ccc(-c2ccnc(NC3CCC(=O)N(C)C3)n2)cc1. The summed E-state index contributed by atoms with van der Waals surface area (Å²) in [7, 11) is 3.47. The van der Waals surface area contributed by atoms with Gasteiger partial charge in [-0.05, 0) is 36.8 Å². The van der Waals surface area contributed by atoms with E-state index in [2.05, 4.69) is 15.3 Å². The quantitative estimate of drug-likeness (QED) is 0.937. The molecule has 1 aliphatic rings. The van der Waals surface area contributed by atoms with E-state index in [0.29, 0.717) is 18.9 Å². The number of carbonyl (C=O) groups is 1. The number of nitrogens with one attached hydrogen (secondary N) is 1. The van der Waals surface area contributed by atoms with Crippen LogP contribution in [-0.2, 0) is 4.79 Å². The normalized spacial score (nSPS) is 17.9. The zero-order valence-electron chi connectivity index (χ0n) is 13.3. The van der Waals surface area contributed by atoms with E-state index < -0.39 is 0 Å². The van der Waals surface area contributed by atoms with Crippen LogP contribution in [-0.4, -0.2) is 47.5 Å². The second-order valence-electron chi connectivity index (χ2n) is 5.65. The van der Waals surface area contributed by atoms with Crippen molar-refractivity contribution < 1.29 is 9.53 Å². The third-order valence-corrected chi connectivity index (χ3v) is 4.00. The Kier molecular flexibility index (Phi) is 4.41. The van der Waals surface area contributed by atoms with Gasteiger partial charge in [-0.3, -0.25) is 4.79 Å². The summed E-state index contributed by atoms with van der Waals surface area (Å²) in [4.78, 5) is 22.1. The van der Waals surface area contributed by atoms with Crippen LogP contribution >= 0.6 is 0 Å². The largest absolute Gasteiger partial charge is 0.497 e. The van der Waals surface area contributed by atoms with Crippen LogP contribution in [0, 0.1) is 0 Å². The molecule has 0 spiro atoms. The Hall–Kier alpha value is -2.63. The first-order valence-electron chi connectivity index (χ1n) is 7.63. The number of amides is 1. The summed E-state index contributed by atoms with van der Waals surface area (Å²) >= 11 is 0. The number of hydrogen-bond donors (Lipinski definition) is 1. The lowest BCUT2D eigenvalue weighted by Gasteiger charge is -2.30. The van der Waals surface area contributed by atoms with Crippen molar-refractivity contribution in [2.75, 3.05) is 26.0 Å². The number of methoxy groups -OCH3 is 1. The molecule has 0 aliphatic carbocycles. The number of rotatable bonds is 4. The summed E-state index contributed by atoms with van der Waals surface area (Å²) in [5.41, 5.74) is 1.86. The number of likely N-dealkylation sites (tertiary alicyclic amines) is 1. The minimum absolute atomic E-state index is 0.184. The molecule has 1 N–H and O–H groups in total. The van der Waals surface area contributed by atoms with Gasteiger partial charge in [0.25, 0.3) is 0 Å². The van der Waals surface area contributed by atoms with E-state index in [1.807, 2.05) is 37.4 Å². The maximum absolute atomic E-state index is 11.5. The van der Waals surface area contributed by atoms with Crippen LogP contribution in [0.2, 0.25) is 0 Å². The third kappa shape index (κ3) is 3.59. The molecule has 6 nitrogen and oxygen atoms in total. The van der Waals surface area contributed by atoms with Crippen LogP contribution in [0.5, 0.6) is 5.75 Å². The number of hydrogen-bond acceptors (Lipinski definition) is 5. The smallest absolute Gasteiger partial charge is 0.223 e. The minimum atomic E-state index is 0.184. The Morgan fingerprint density at radius 1 is 1.26 bits per heavy atom. The van der Waals surface area contributed by atoms with Crippen LogP contribution in [0.1, 0.15) is 12.8 Å². The number of ether oxygens (including phenoxy) is 1. The fourth-order valence-electron chi connectivity index (χ4n) is 2.66. The van der Waals surface area contributed by atoms with Gasteiger partial charge in [-0.25, -0.2) is 9.97 Å². The molecular weight excluding hydrogens is 292 g/mol. The highest BCUT2D eigenvalue weighted by Gasteiger charge is 2.23. The predicted octanol–water partition coefficient (Wildman–Crippen LogP) is 2.18. The van der Waals surface area contributed by atoms with E-state index in [1.165, 1.54) is 0 Å². The lowest BCUT2D eigenvalue weighted by Crippen LogP contribution is -2.43. The molecule has 0 bridgehead atoms. The number of nitrogens with zero attached hydrogens (tertiary/aromatic N) is 3. The predicted molar refractivity (Wildman–Crippen MR) is 88.3 cm³/mol. The fraction of sp³-hybridized carbons (Fsp3) is 0.353. The second kappa shape index (κ2) is 6.64. The van der Waals surface area contributed by atoms with E-state index in [9.17, 15) is 4.79 Å². The molecule has 3 rings (SSSR count).